The van der Waals surface area contributed by atoms with Crippen LogP contribution >= 0.6 is 0 Å². The van der Waals surface area contributed by atoms with Crippen LogP contribution in [0.25, 0.3) is 10.8 Å². The molecule has 2 aliphatic rings. The van der Waals surface area contributed by atoms with Gasteiger partial charge in [0.2, 0.25) is 0 Å². The summed E-state index contributed by atoms with van der Waals surface area (Å²) in [5.41, 5.74) is 1.38. The molecule has 1 N–H and O–H groups in total. The van der Waals surface area contributed by atoms with Gasteiger partial charge in [-0.3, -0.25) is 0 Å². The van der Waals surface area contributed by atoms with Gasteiger partial charge in [0.05, 0.1) is 17.8 Å². The van der Waals surface area contributed by atoms with Crippen molar-refractivity contribution in [2.24, 2.45) is 0 Å². The van der Waals surface area contributed by atoms with E-state index in [1.165, 1.54) is 25.8 Å². The second-order valence-corrected chi connectivity index (χ2v) is 9.59. The maximum Gasteiger partial charge on any atom is 0.416 e. The summed E-state index contributed by atoms with van der Waals surface area (Å²) in [5, 5.41) is 13.7. The van der Waals surface area contributed by atoms with E-state index in [1.54, 1.807) is 12.3 Å². The Bertz CT molecular complexity index is 1190. The van der Waals surface area contributed by atoms with E-state index in [1.807, 2.05) is 6.92 Å². The first-order valence-corrected chi connectivity index (χ1v) is 11.9. The standard InChI is InChI=1S/C26H30F3N5/c1-16-20(6-4-7-22(16)26(27,28)29)17(2)31-25-21-14-19(10-9-18(21)15-30-32-25)34-13-11-23-24(34)8-5-12-33(23)3/h4,6-7,9-10,14-15,17,23-24H,5,8,11-13H2,1-3H3,(H,31,32). The normalized spacial score (nSPS) is 22.1. The molecule has 3 heterocycles. The van der Waals surface area contributed by atoms with E-state index in [4.69, 9.17) is 0 Å². The number of piperidine rings is 1. The van der Waals surface area contributed by atoms with E-state index in [0.29, 0.717) is 23.5 Å². The van der Waals surface area contributed by atoms with Gasteiger partial charge < -0.3 is 15.1 Å². The highest BCUT2D eigenvalue weighted by molar-refractivity contribution is 5.93. The Morgan fingerprint density at radius 2 is 1.91 bits per heavy atom. The number of alkyl halides is 3. The molecule has 3 atom stereocenters. The fourth-order valence-electron chi connectivity index (χ4n) is 5.80. The van der Waals surface area contributed by atoms with Crippen molar-refractivity contribution in [1.82, 2.24) is 15.1 Å². The van der Waals surface area contributed by atoms with Crippen molar-refractivity contribution in [3.8, 4) is 0 Å². The van der Waals surface area contributed by atoms with Crippen molar-refractivity contribution < 1.29 is 13.2 Å². The third-order valence-electron chi connectivity index (χ3n) is 7.57. The minimum absolute atomic E-state index is 0.230. The molecule has 5 nitrogen and oxygen atoms in total. The van der Waals surface area contributed by atoms with E-state index in [-0.39, 0.29) is 11.6 Å². The van der Waals surface area contributed by atoms with E-state index in [2.05, 4.69) is 50.6 Å². The van der Waals surface area contributed by atoms with Crippen molar-refractivity contribution in [3.05, 3.63) is 59.3 Å². The van der Waals surface area contributed by atoms with Crippen molar-refractivity contribution in [3.63, 3.8) is 0 Å². The summed E-state index contributed by atoms with van der Waals surface area (Å²) in [6.45, 7) is 5.56. The average Bonchev–Trinajstić information content (AvgIpc) is 3.24. The van der Waals surface area contributed by atoms with Crippen LogP contribution < -0.4 is 10.2 Å². The minimum atomic E-state index is -4.38. The number of hydrogen-bond donors (Lipinski definition) is 1. The van der Waals surface area contributed by atoms with Gasteiger partial charge in [0.15, 0.2) is 5.82 Å². The number of benzene rings is 2. The maximum atomic E-state index is 13.4. The lowest BCUT2D eigenvalue weighted by Gasteiger charge is -2.38. The summed E-state index contributed by atoms with van der Waals surface area (Å²) in [7, 11) is 2.22. The predicted molar refractivity (Wildman–Crippen MR) is 129 cm³/mol. The first-order valence-electron chi connectivity index (χ1n) is 11.9. The summed E-state index contributed by atoms with van der Waals surface area (Å²) >= 11 is 0. The monoisotopic (exact) mass is 469 g/mol. The van der Waals surface area contributed by atoms with Crippen LogP contribution in [0.5, 0.6) is 0 Å². The zero-order chi connectivity index (χ0) is 24.0. The first kappa shape index (κ1) is 22.9. The fourth-order valence-corrected chi connectivity index (χ4v) is 5.80. The van der Waals surface area contributed by atoms with Crippen LogP contribution in [0.15, 0.2) is 42.6 Å². The number of fused-ring (bicyclic) bond motifs is 2. The summed E-state index contributed by atoms with van der Waals surface area (Å²) in [4.78, 5) is 4.98. The second-order valence-electron chi connectivity index (χ2n) is 9.59. The molecule has 34 heavy (non-hydrogen) atoms. The van der Waals surface area contributed by atoms with Gasteiger partial charge in [-0.15, -0.1) is 5.10 Å². The zero-order valence-electron chi connectivity index (χ0n) is 19.7. The van der Waals surface area contributed by atoms with Crippen molar-refractivity contribution in [1.29, 1.82) is 0 Å². The SMILES string of the molecule is Cc1c(C(C)Nc2nncc3ccc(N4CCC5C4CCCN5C)cc23)cccc1C(F)(F)F. The summed E-state index contributed by atoms with van der Waals surface area (Å²) in [6, 6.07) is 11.4. The summed E-state index contributed by atoms with van der Waals surface area (Å²) in [6.07, 6.45) is 0.900. The van der Waals surface area contributed by atoms with Gasteiger partial charge >= 0.3 is 6.18 Å². The van der Waals surface area contributed by atoms with Gasteiger partial charge in [-0.1, -0.05) is 18.2 Å². The lowest BCUT2D eigenvalue weighted by Crippen LogP contribution is -2.47. The number of nitrogens with one attached hydrogen (secondary N) is 1. The molecular weight excluding hydrogens is 439 g/mol. The third kappa shape index (κ3) is 4.08. The van der Waals surface area contributed by atoms with Crippen molar-refractivity contribution >= 4 is 22.3 Å². The van der Waals surface area contributed by atoms with Gasteiger partial charge in [0.1, 0.15) is 0 Å². The van der Waals surface area contributed by atoms with E-state index in [9.17, 15) is 13.2 Å². The van der Waals surface area contributed by atoms with Crippen LogP contribution in [-0.4, -0.2) is 47.3 Å². The zero-order valence-corrected chi connectivity index (χ0v) is 19.7. The molecule has 0 aliphatic carbocycles. The van der Waals surface area contributed by atoms with Gasteiger partial charge in [-0.05, 0) is 76.0 Å². The van der Waals surface area contributed by atoms with Crippen LogP contribution in [0.4, 0.5) is 24.7 Å². The average molecular weight is 470 g/mol. The Balaban J connectivity index is 1.46. The van der Waals surface area contributed by atoms with Gasteiger partial charge in [0, 0.05) is 35.1 Å². The number of rotatable bonds is 4. The third-order valence-corrected chi connectivity index (χ3v) is 7.57. The molecule has 2 aromatic carbocycles. The molecule has 180 valence electrons. The topological polar surface area (TPSA) is 44.3 Å². The summed E-state index contributed by atoms with van der Waals surface area (Å²) < 4.78 is 40.2. The maximum absolute atomic E-state index is 13.4. The van der Waals surface area contributed by atoms with Gasteiger partial charge in [-0.25, -0.2) is 0 Å². The molecule has 0 spiro atoms. The van der Waals surface area contributed by atoms with Crippen LogP contribution in [-0.2, 0) is 6.18 Å². The quantitative estimate of drug-likeness (QED) is 0.523. The molecule has 1 aromatic heterocycles. The molecule has 2 fully saturated rings. The Morgan fingerprint density at radius 3 is 2.71 bits per heavy atom. The Labute approximate surface area is 198 Å². The van der Waals surface area contributed by atoms with Crippen LogP contribution in [0.3, 0.4) is 0 Å². The number of nitrogens with zero attached hydrogens (tertiary/aromatic N) is 4. The van der Waals surface area contributed by atoms with Gasteiger partial charge in [0.25, 0.3) is 0 Å². The molecule has 0 radical (unpaired) electrons. The Morgan fingerprint density at radius 1 is 1.09 bits per heavy atom. The highest BCUT2D eigenvalue weighted by Crippen LogP contribution is 2.37. The van der Waals surface area contributed by atoms with E-state index < -0.39 is 11.7 Å². The number of aromatic nitrogens is 2. The minimum Gasteiger partial charge on any atom is -0.367 e. The second kappa shape index (κ2) is 8.73. The Kier molecular flexibility index (Phi) is 5.88. The Hall–Kier alpha value is -2.87. The van der Waals surface area contributed by atoms with Crippen molar-refractivity contribution in [2.45, 2.75) is 57.4 Å². The van der Waals surface area contributed by atoms with Crippen molar-refractivity contribution in [2.75, 3.05) is 30.4 Å². The lowest BCUT2D eigenvalue weighted by atomic mass is 9.97. The fraction of sp³-hybridized carbons (Fsp3) is 0.462. The molecular formula is C26H30F3N5. The van der Waals surface area contributed by atoms with E-state index >= 15 is 0 Å². The van der Waals surface area contributed by atoms with Crippen LogP contribution in [0.1, 0.15) is 48.9 Å². The molecule has 3 unspecified atom stereocenters. The molecule has 2 aliphatic heterocycles. The number of halogens is 3. The van der Waals surface area contributed by atoms with Crippen LogP contribution in [0, 0.1) is 6.92 Å². The molecule has 3 aromatic rings. The predicted octanol–water partition coefficient (Wildman–Crippen LogP) is 5.80. The van der Waals surface area contributed by atoms with E-state index in [0.717, 1.165) is 42.0 Å². The molecule has 8 heteroatoms. The molecule has 0 saturated carbocycles. The number of hydrogen-bond acceptors (Lipinski definition) is 5. The molecule has 0 amide bonds. The van der Waals surface area contributed by atoms with Gasteiger partial charge in [-0.2, -0.15) is 18.3 Å². The number of likely N-dealkylation sites (N-methyl/N-ethyl adjacent to an activating group) is 1. The summed E-state index contributed by atoms with van der Waals surface area (Å²) in [5.74, 6) is 0.583. The largest absolute Gasteiger partial charge is 0.416 e. The smallest absolute Gasteiger partial charge is 0.367 e. The molecule has 2 saturated heterocycles. The first-order chi connectivity index (χ1) is 16.2. The lowest BCUT2D eigenvalue weighted by molar-refractivity contribution is -0.138. The van der Waals surface area contributed by atoms with Crippen LogP contribution in [0.2, 0.25) is 0 Å². The highest BCUT2D eigenvalue weighted by atomic mass is 19.4. The number of likely N-dealkylation sites (tertiary alicyclic amines) is 1. The highest BCUT2D eigenvalue weighted by Gasteiger charge is 2.38. The molecule has 5 rings (SSSR count). The molecule has 0 bridgehead atoms. The number of anilines is 2.